The third kappa shape index (κ3) is 5.67. The lowest BCUT2D eigenvalue weighted by Crippen LogP contribution is -2.33. The van der Waals surface area contributed by atoms with E-state index in [1.54, 1.807) is 19.1 Å². The number of rotatable bonds is 7. The number of benzene rings is 2. The fourth-order valence-electron chi connectivity index (χ4n) is 2.30. The van der Waals surface area contributed by atoms with E-state index in [4.69, 9.17) is 4.74 Å². The van der Waals surface area contributed by atoms with Crippen LogP contribution in [0.2, 0.25) is 0 Å². The highest BCUT2D eigenvalue weighted by Gasteiger charge is 2.18. The van der Waals surface area contributed by atoms with Crippen molar-refractivity contribution >= 4 is 11.9 Å². The fraction of sp³-hybridized carbons (Fsp3) is 0.263. The summed E-state index contributed by atoms with van der Waals surface area (Å²) in [5.41, 5.74) is 1.04. The summed E-state index contributed by atoms with van der Waals surface area (Å²) in [5.74, 6) is -1.55. The van der Waals surface area contributed by atoms with Crippen molar-refractivity contribution in [1.82, 2.24) is 4.90 Å². The Morgan fingerprint density at radius 1 is 0.960 bits per heavy atom. The SMILES string of the molecule is CCOC(=O)CCN(Cc1ccc(F)cc1)C(=O)c1ccc(F)cc1. The first-order chi connectivity index (χ1) is 12.0. The first-order valence-corrected chi connectivity index (χ1v) is 7.94. The number of esters is 1. The monoisotopic (exact) mass is 347 g/mol. The van der Waals surface area contributed by atoms with Crippen molar-refractivity contribution in [2.45, 2.75) is 19.9 Å². The predicted molar refractivity (Wildman–Crippen MR) is 88.8 cm³/mol. The summed E-state index contributed by atoms with van der Waals surface area (Å²) in [4.78, 5) is 25.7. The zero-order valence-electron chi connectivity index (χ0n) is 13.9. The molecule has 2 aromatic carbocycles. The Balaban J connectivity index is 2.14. The fourth-order valence-corrected chi connectivity index (χ4v) is 2.30. The van der Waals surface area contributed by atoms with Crippen LogP contribution in [0.15, 0.2) is 48.5 Å². The molecule has 0 aromatic heterocycles. The van der Waals surface area contributed by atoms with Crippen molar-refractivity contribution in [2.24, 2.45) is 0 Å². The van der Waals surface area contributed by atoms with E-state index in [9.17, 15) is 18.4 Å². The molecule has 0 heterocycles. The Kier molecular flexibility index (Phi) is 6.62. The number of carbonyl (C=O) groups is 2. The molecule has 0 radical (unpaired) electrons. The van der Waals surface area contributed by atoms with Gasteiger partial charge in [0.1, 0.15) is 11.6 Å². The molecular weight excluding hydrogens is 328 g/mol. The smallest absolute Gasteiger partial charge is 0.307 e. The lowest BCUT2D eigenvalue weighted by atomic mass is 10.1. The molecule has 0 N–H and O–H groups in total. The molecule has 0 fully saturated rings. The minimum absolute atomic E-state index is 0.0436. The Morgan fingerprint density at radius 2 is 1.52 bits per heavy atom. The summed E-state index contributed by atoms with van der Waals surface area (Å²) in [7, 11) is 0. The molecule has 0 spiro atoms. The molecular formula is C19H19F2NO3. The lowest BCUT2D eigenvalue weighted by molar-refractivity contribution is -0.143. The molecule has 0 atom stereocenters. The van der Waals surface area contributed by atoms with Crippen molar-refractivity contribution in [3.05, 3.63) is 71.3 Å². The van der Waals surface area contributed by atoms with E-state index >= 15 is 0 Å². The standard InChI is InChI=1S/C19H19F2NO3/c1-2-25-18(23)11-12-22(13-14-3-7-16(20)8-4-14)19(24)15-5-9-17(21)10-6-15/h3-10H,2,11-13H2,1H3. The molecule has 0 bridgehead atoms. The highest BCUT2D eigenvalue weighted by atomic mass is 19.1. The van der Waals surface area contributed by atoms with Crippen LogP contribution in [0, 0.1) is 11.6 Å². The van der Waals surface area contributed by atoms with E-state index in [-0.39, 0.29) is 37.8 Å². The number of ether oxygens (including phenoxy) is 1. The Labute approximate surface area is 145 Å². The molecule has 0 saturated carbocycles. The van der Waals surface area contributed by atoms with Gasteiger partial charge in [-0.05, 0) is 48.9 Å². The maximum Gasteiger partial charge on any atom is 0.307 e. The minimum Gasteiger partial charge on any atom is -0.466 e. The van der Waals surface area contributed by atoms with Crippen LogP contribution in [0.1, 0.15) is 29.3 Å². The predicted octanol–water partition coefficient (Wildman–Crippen LogP) is 3.56. The van der Waals surface area contributed by atoms with Gasteiger partial charge in [-0.3, -0.25) is 9.59 Å². The zero-order valence-corrected chi connectivity index (χ0v) is 13.9. The van der Waals surface area contributed by atoms with Crippen LogP contribution in [0.3, 0.4) is 0 Å². The average Bonchev–Trinajstić information content (AvgIpc) is 2.60. The number of halogens is 2. The molecule has 2 aromatic rings. The second-order valence-electron chi connectivity index (χ2n) is 5.42. The first kappa shape index (κ1) is 18.6. The van der Waals surface area contributed by atoms with Crippen LogP contribution >= 0.6 is 0 Å². The van der Waals surface area contributed by atoms with E-state index in [2.05, 4.69) is 0 Å². The van der Waals surface area contributed by atoms with Crippen LogP contribution in [-0.4, -0.2) is 29.9 Å². The van der Waals surface area contributed by atoms with Gasteiger partial charge in [0.2, 0.25) is 0 Å². The van der Waals surface area contributed by atoms with Gasteiger partial charge in [-0.25, -0.2) is 8.78 Å². The number of amides is 1. The number of hydrogen-bond acceptors (Lipinski definition) is 3. The molecule has 2 rings (SSSR count). The van der Waals surface area contributed by atoms with E-state index in [0.29, 0.717) is 5.56 Å². The highest BCUT2D eigenvalue weighted by molar-refractivity contribution is 5.94. The van der Waals surface area contributed by atoms with Gasteiger partial charge in [0.05, 0.1) is 13.0 Å². The van der Waals surface area contributed by atoms with Crippen molar-refractivity contribution < 1.29 is 23.1 Å². The summed E-state index contributed by atoms with van der Waals surface area (Å²) in [5, 5.41) is 0. The van der Waals surface area contributed by atoms with Crippen molar-refractivity contribution in [2.75, 3.05) is 13.2 Å². The summed E-state index contributed by atoms with van der Waals surface area (Å²) in [6, 6.07) is 10.9. The molecule has 0 aliphatic heterocycles. The maximum atomic E-state index is 13.1. The molecule has 0 aliphatic rings. The van der Waals surface area contributed by atoms with Gasteiger partial charge in [0.25, 0.3) is 5.91 Å². The van der Waals surface area contributed by atoms with Crippen molar-refractivity contribution in [1.29, 1.82) is 0 Å². The van der Waals surface area contributed by atoms with Crippen LogP contribution in [-0.2, 0) is 16.1 Å². The quantitative estimate of drug-likeness (QED) is 0.720. The Bertz CT molecular complexity index is 714. The third-order valence-electron chi connectivity index (χ3n) is 3.56. The van der Waals surface area contributed by atoms with Crippen molar-refractivity contribution in [3.8, 4) is 0 Å². The second-order valence-corrected chi connectivity index (χ2v) is 5.42. The second kappa shape index (κ2) is 8.92. The van der Waals surface area contributed by atoms with E-state index in [1.807, 2.05) is 0 Å². The van der Waals surface area contributed by atoms with E-state index in [0.717, 1.165) is 5.56 Å². The normalized spacial score (nSPS) is 10.4. The Hall–Kier alpha value is -2.76. The molecule has 4 nitrogen and oxygen atoms in total. The van der Waals surface area contributed by atoms with Gasteiger partial charge in [-0.15, -0.1) is 0 Å². The van der Waals surface area contributed by atoms with Crippen LogP contribution in [0.5, 0.6) is 0 Å². The van der Waals surface area contributed by atoms with Gasteiger partial charge in [0, 0.05) is 18.7 Å². The lowest BCUT2D eigenvalue weighted by Gasteiger charge is -2.22. The highest BCUT2D eigenvalue weighted by Crippen LogP contribution is 2.13. The summed E-state index contributed by atoms with van der Waals surface area (Å²) in [6.07, 6.45) is 0.0436. The Morgan fingerprint density at radius 3 is 2.08 bits per heavy atom. The number of nitrogens with zero attached hydrogens (tertiary/aromatic N) is 1. The summed E-state index contributed by atoms with van der Waals surface area (Å²) in [6.45, 7) is 2.32. The van der Waals surface area contributed by atoms with Gasteiger partial charge >= 0.3 is 5.97 Å². The summed E-state index contributed by atoms with van der Waals surface area (Å²) >= 11 is 0. The van der Waals surface area contributed by atoms with Gasteiger partial charge in [0.15, 0.2) is 0 Å². The topological polar surface area (TPSA) is 46.6 Å². The summed E-state index contributed by atoms with van der Waals surface area (Å²) < 4.78 is 31.0. The number of hydrogen-bond donors (Lipinski definition) is 0. The van der Waals surface area contributed by atoms with Crippen LogP contribution in [0.25, 0.3) is 0 Å². The molecule has 6 heteroatoms. The zero-order chi connectivity index (χ0) is 18.2. The molecule has 1 amide bonds. The molecule has 0 saturated heterocycles. The van der Waals surface area contributed by atoms with Crippen LogP contribution in [0.4, 0.5) is 8.78 Å². The molecule has 0 unspecified atom stereocenters. The molecule has 25 heavy (non-hydrogen) atoms. The van der Waals surface area contributed by atoms with Gasteiger partial charge in [-0.1, -0.05) is 12.1 Å². The average molecular weight is 347 g/mol. The first-order valence-electron chi connectivity index (χ1n) is 7.94. The maximum absolute atomic E-state index is 13.1. The van der Waals surface area contributed by atoms with E-state index < -0.39 is 11.8 Å². The number of carbonyl (C=O) groups excluding carboxylic acids is 2. The molecule has 0 aliphatic carbocycles. The molecule has 132 valence electrons. The van der Waals surface area contributed by atoms with Crippen LogP contribution < -0.4 is 0 Å². The van der Waals surface area contributed by atoms with Gasteiger partial charge in [-0.2, -0.15) is 0 Å². The largest absolute Gasteiger partial charge is 0.466 e. The minimum atomic E-state index is -0.437. The van der Waals surface area contributed by atoms with Gasteiger partial charge < -0.3 is 9.64 Å². The van der Waals surface area contributed by atoms with Crippen molar-refractivity contribution in [3.63, 3.8) is 0 Å². The third-order valence-corrected chi connectivity index (χ3v) is 3.56. The van der Waals surface area contributed by atoms with E-state index in [1.165, 1.54) is 41.3 Å².